The molecule has 0 N–H and O–H groups in total. The molecule has 2 aromatic heterocycles. The number of pyridine rings is 1. The van der Waals surface area contributed by atoms with Crippen molar-refractivity contribution in [2.75, 3.05) is 4.90 Å². The van der Waals surface area contributed by atoms with E-state index in [9.17, 15) is 18.0 Å². The number of carbonyl (C=O) groups is 1. The standard InChI is InChI=1S/C23H24F3N3O/c1-13-9-10-28-19(11-13)27-22(17-12-18(24)21(26)20(25)14(17)2)23(28)29(15(3)30)16-7-5-4-6-8-16/h9-12,16H,4-8H2,1-3H3. The first-order chi connectivity index (χ1) is 14.3. The van der Waals surface area contributed by atoms with Crippen molar-refractivity contribution in [3.05, 3.63) is 53.0 Å². The monoisotopic (exact) mass is 415 g/mol. The lowest BCUT2D eigenvalue weighted by molar-refractivity contribution is -0.117. The second-order valence-electron chi connectivity index (χ2n) is 8.06. The molecule has 0 saturated heterocycles. The van der Waals surface area contributed by atoms with Crippen LogP contribution in [0.3, 0.4) is 0 Å². The fourth-order valence-corrected chi connectivity index (χ4v) is 4.39. The summed E-state index contributed by atoms with van der Waals surface area (Å²) in [5.41, 5.74) is 1.90. The van der Waals surface area contributed by atoms with Gasteiger partial charge in [0.2, 0.25) is 5.91 Å². The van der Waals surface area contributed by atoms with E-state index in [4.69, 9.17) is 0 Å². The molecule has 2 heterocycles. The van der Waals surface area contributed by atoms with Gasteiger partial charge in [0.1, 0.15) is 17.2 Å². The van der Waals surface area contributed by atoms with E-state index in [2.05, 4.69) is 4.98 Å². The molecular formula is C23H24F3N3O. The first-order valence-electron chi connectivity index (χ1n) is 10.2. The zero-order chi connectivity index (χ0) is 21.6. The number of carbonyl (C=O) groups excluding carboxylic acids is 1. The van der Waals surface area contributed by atoms with E-state index in [0.29, 0.717) is 11.5 Å². The van der Waals surface area contributed by atoms with Crippen molar-refractivity contribution in [2.24, 2.45) is 0 Å². The van der Waals surface area contributed by atoms with Gasteiger partial charge in [0, 0.05) is 24.7 Å². The summed E-state index contributed by atoms with van der Waals surface area (Å²) in [5, 5.41) is 0. The normalized spacial score (nSPS) is 15.0. The van der Waals surface area contributed by atoms with E-state index in [1.807, 2.05) is 19.1 Å². The van der Waals surface area contributed by atoms with Gasteiger partial charge in [-0.05, 0) is 56.0 Å². The minimum Gasteiger partial charge on any atom is -0.293 e. The van der Waals surface area contributed by atoms with Crippen LogP contribution in [-0.4, -0.2) is 21.3 Å². The van der Waals surface area contributed by atoms with Gasteiger partial charge in [-0.3, -0.25) is 14.1 Å². The molecule has 158 valence electrons. The lowest BCUT2D eigenvalue weighted by Gasteiger charge is -2.34. The molecule has 1 saturated carbocycles. The summed E-state index contributed by atoms with van der Waals surface area (Å²) < 4.78 is 44.1. The van der Waals surface area contributed by atoms with Crippen LogP contribution in [0.4, 0.5) is 19.0 Å². The van der Waals surface area contributed by atoms with Gasteiger partial charge in [0.15, 0.2) is 17.5 Å². The highest BCUT2D eigenvalue weighted by Crippen LogP contribution is 2.38. The number of imidazole rings is 1. The van der Waals surface area contributed by atoms with Gasteiger partial charge in [0.05, 0.1) is 0 Å². The van der Waals surface area contributed by atoms with E-state index in [-0.39, 0.29) is 28.8 Å². The number of fused-ring (bicyclic) bond motifs is 1. The summed E-state index contributed by atoms with van der Waals surface area (Å²) in [6, 6.07) is 4.68. The van der Waals surface area contributed by atoms with Crippen LogP contribution in [-0.2, 0) is 4.79 Å². The molecule has 0 atom stereocenters. The molecule has 0 spiro atoms. The van der Waals surface area contributed by atoms with Gasteiger partial charge in [-0.25, -0.2) is 18.2 Å². The fraction of sp³-hybridized carbons (Fsp3) is 0.391. The van der Waals surface area contributed by atoms with Gasteiger partial charge in [0.25, 0.3) is 0 Å². The summed E-state index contributed by atoms with van der Waals surface area (Å²) in [6.07, 6.45) is 6.65. The van der Waals surface area contributed by atoms with E-state index in [1.54, 1.807) is 15.5 Å². The molecule has 0 bridgehead atoms. The maximum Gasteiger partial charge on any atom is 0.225 e. The van der Waals surface area contributed by atoms with Crippen molar-refractivity contribution in [3.8, 4) is 11.3 Å². The Hall–Kier alpha value is -2.83. The van der Waals surface area contributed by atoms with Crippen molar-refractivity contribution >= 4 is 17.4 Å². The zero-order valence-electron chi connectivity index (χ0n) is 17.3. The largest absolute Gasteiger partial charge is 0.293 e. The molecule has 1 amide bonds. The van der Waals surface area contributed by atoms with E-state index >= 15 is 0 Å². The lowest BCUT2D eigenvalue weighted by atomic mass is 9.93. The van der Waals surface area contributed by atoms with Crippen LogP contribution in [0.5, 0.6) is 0 Å². The highest BCUT2D eigenvalue weighted by atomic mass is 19.2. The maximum absolute atomic E-state index is 14.4. The maximum atomic E-state index is 14.4. The lowest BCUT2D eigenvalue weighted by Crippen LogP contribution is -2.41. The average Bonchev–Trinajstić information content (AvgIpc) is 3.07. The Morgan fingerprint density at radius 3 is 2.47 bits per heavy atom. The first-order valence-corrected chi connectivity index (χ1v) is 10.2. The van der Waals surface area contributed by atoms with Crippen LogP contribution in [0.15, 0.2) is 24.4 Å². The number of aryl methyl sites for hydroxylation is 1. The fourth-order valence-electron chi connectivity index (χ4n) is 4.39. The third kappa shape index (κ3) is 3.36. The quantitative estimate of drug-likeness (QED) is 0.513. The van der Waals surface area contributed by atoms with Crippen molar-refractivity contribution in [1.82, 2.24) is 9.38 Å². The SMILES string of the molecule is CC(=O)N(c1c(-c2cc(F)c(F)c(F)c2C)nc2cc(C)ccn12)C1CCCCC1. The van der Waals surface area contributed by atoms with Crippen molar-refractivity contribution in [1.29, 1.82) is 0 Å². The summed E-state index contributed by atoms with van der Waals surface area (Å²) >= 11 is 0. The Kier molecular flexibility index (Phi) is 5.30. The number of benzene rings is 1. The minimum atomic E-state index is -1.51. The summed E-state index contributed by atoms with van der Waals surface area (Å²) in [5.74, 6) is -3.71. The molecule has 3 aromatic rings. The smallest absolute Gasteiger partial charge is 0.225 e. The average molecular weight is 415 g/mol. The van der Waals surface area contributed by atoms with E-state index in [0.717, 1.165) is 43.7 Å². The number of amides is 1. The summed E-state index contributed by atoms with van der Waals surface area (Å²) in [4.78, 5) is 19.1. The van der Waals surface area contributed by atoms with Gasteiger partial charge in [-0.15, -0.1) is 0 Å². The third-order valence-corrected chi connectivity index (χ3v) is 5.93. The zero-order valence-corrected chi connectivity index (χ0v) is 17.3. The second-order valence-corrected chi connectivity index (χ2v) is 8.06. The third-order valence-electron chi connectivity index (χ3n) is 5.93. The second kappa shape index (κ2) is 7.78. The van der Waals surface area contributed by atoms with Crippen molar-refractivity contribution < 1.29 is 18.0 Å². The van der Waals surface area contributed by atoms with Crippen LogP contribution in [0.25, 0.3) is 16.9 Å². The molecule has 1 aliphatic carbocycles. The molecule has 0 unspecified atom stereocenters. The van der Waals surface area contributed by atoms with Gasteiger partial charge in [-0.1, -0.05) is 19.3 Å². The first kappa shape index (κ1) is 20.4. The number of anilines is 1. The van der Waals surface area contributed by atoms with E-state index in [1.165, 1.54) is 13.8 Å². The van der Waals surface area contributed by atoms with Crippen LogP contribution in [0.2, 0.25) is 0 Å². The molecule has 30 heavy (non-hydrogen) atoms. The van der Waals surface area contributed by atoms with Crippen molar-refractivity contribution in [3.63, 3.8) is 0 Å². The van der Waals surface area contributed by atoms with Crippen molar-refractivity contribution in [2.45, 2.75) is 58.9 Å². The molecule has 1 aromatic carbocycles. The molecule has 0 aliphatic heterocycles. The summed E-state index contributed by atoms with van der Waals surface area (Å²) in [6.45, 7) is 4.80. The topological polar surface area (TPSA) is 37.6 Å². The molecule has 4 nitrogen and oxygen atoms in total. The van der Waals surface area contributed by atoms with Crippen LogP contribution < -0.4 is 4.90 Å². The predicted molar refractivity (Wildman–Crippen MR) is 110 cm³/mol. The van der Waals surface area contributed by atoms with Crippen LogP contribution in [0, 0.1) is 31.3 Å². The molecular weight excluding hydrogens is 391 g/mol. The molecule has 1 aliphatic rings. The number of rotatable bonds is 3. The number of hydrogen-bond donors (Lipinski definition) is 0. The van der Waals surface area contributed by atoms with Gasteiger partial charge < -0.3 is 0 Å². The number of hydrogen-bond acceptors (Lipinski definition) is 2. The number of halogens is 3. The number of nitrogens with zero attached hydrogens (tertiary/aromatic N) is 3. The molecule has 1 fully saturated rings. The Bertz CT molecular complexity index is 1130. The van der Waals surface area contributed by atoms with Gasteiger partial charge in [-0.2, -0.15) is 0 Å². The van der Waals surface area contributed by atoms with Gasteiger partial charge >= 0.3 is 0 Å². The molecule has 0 radical (unpaired) electrons. The highest BCUT2D eigenvalue weighted by molar-refractivity contribution is 5.96. The Balaban J connectivity index is 2.02. The summed E-state index contributed by atoms with van der Waals surface area (Å²) in [7, 11) is 0. The Labute approximate surface area is 173 Å². The number of aromatic nitrogens is 2. The van der Waals surface area contributed by atoms with Crippen LogP contribution in [0.1, 0.15) is 50.2 Å². The Morgan fingerprint density at radius 2 is 1.80 bits per heavy atom. The minimum absolute atomic E-state index is 0.0216. The molecule has 7 heteroatoms. The van der Waals surface area contributed by atoms with Crippen LogP contribution >= 0.6 is 0 Å². The highest BCUT2D eigenvalue weighted by Gasteiger charge is 2.31. The Morgan fingerprint density at radius 1 is 1.10 bits per heavy atom. The molecule has 4 rings (SSSR count). The predicted octanol–water partition coefficient (Wildman–Crippen LogP) is 5.72. The van der Waals surface area contributed by atoms with E-state index < -0.39 is 17.5 Å².